The molecule has 0 aromatic heterocycles. The van der Waals surface area contributed by atoms with Gasteiger partial charge in [-0.1, -0.05) is 48.9 Å². The number of hydrogen-bond acceptors (Lipinski definition) is 6. The van der Waals surface area contributed by atoms with E-state index < -0.39 is 6.04 Å². The molecule has 2 aromatic rings. The van der Waals surface area contributed by atoms with Crippen molar-refractivity contribution in [1.82, 2.24) is 20.0 Å². The van der Waals surface area contributed by atoms with E-state index >= 15 is 0 Å². The second-order valence-electron chi connectivity index (χ2n) is 9.36. The van der Waals surface area contributed by atoms with Gasteiger partial charge < -0.3 is 14.5 Å². The number of carbonyl (C=O) groups is 2. The van der Waals surface area contributed by atoms with Gasteiger partial charge in [-0.3, -0.25) is 19.9 Å². The average Bonchev–Trinajstić information content (AvgIpc) is 3.20. The number of likely N-dealkylation sites (N-methyl/N-ethyl adjacent to an activating group) is 1. The van der Waals surface area contributed by atoms with E-state index in [2.05, 4.69) is 22.0 Å². The summed E-state index contributed by atoms with van der Waals surface area (Å²) in [6, 6.07) is 15.2. The molecule has 5 rings (SSSR count). The Morgan fingerprint density at radius 3 is 2.52 bits per heavy atom. The SMILES string of the molecule is COc1ccccc1N1CC(C)CN2C3C(=O)N(Cc4ccc(C)cc4)C(=O)N(C)C3NC12. The molecule has 3 amide bonds. The van der Waals surface area contributed by atoms with Crippen molar-refractivity contribution < 1.29 is 14.3 Å². The molecule has 0 bridgehead atoms. The van der Waals surface area contributed by atoms with E-state index in [-0.39, 0.29) is 30.9 Å². The van der Waals surface area contributed by atoms with Crippen molar-refractivity contribution in [1.29, 1.82) is 0 Å². The molecule has 0 spiro atoms. The van der Waals surface area contributed by atoms with Crippen LogP contribution in [0.1, 0.15) is 18.1 Å². The number of nitrogens with one attached hydrogen (secondary N) is 1. The molecular formula is C25H31N5O3. The molecular weight excluding hydrogens is 418 g/mol. The summed E-state index contributed by atoms with van der Waals surface area (Å²) in [4.78, 5) is 34.4. The molecule has 3 aliphatic heterocycles. The lowest BCUT2D eigenvalue weighted by atomic mass is 10.0. The number of imide groups is 1. The Morgan fingerprint density at radius 2 is 1.79 bits per heavy atom. The fourth-order valence-electron chi connectivity index (χ4n) is 5.29. The number of carbonyl (C=O) groups excluding carboxylic acids is 2. The largest absolute Gasteiger partial charge is 0.495 e. The Bertz CT molecular complexity index is 1060. The van der Waals surface area contributed by atoms with Gasteiger partial charge in [-0.15, -0.1) is 0 Å². The van der Waals surface area contributed by atoms with E-state index in [0.717, 1.165) is 35.7 Å². The number of hydrogen-bond donors (Lipinski definition) is 1. The quantitative estimate of drug-likeness (QED) is 0.774. The molecule has 1 N–H and O–H groups in total. The van der Waals surface area contributed by atoms with Gasteiger partial charge in [0.15, 0.2) is 0 Å². The molecule has 4 atom stereocenters. The van der Waals surface area contributed by atoms with Crippen molar-refractivity contribution in [2.45, 2.75) is 38.9 Å². The predicted molar refractivity (Wildman–Crippen MR) is 126 cm³/mol. The van der Waals surface area contributed by atoms with Gasteiger partial charge in [-0.2, -0.15) is 0 Å². The van der Waals surface area contributed by atoms with E-state index in [9.17, 15) is 9.59 Å². The second-order valence-corrected chi connectivity index (χ2v) is 9.36. The van der Waals surface area contributed by atoms with Crippen LogP contribution in [0, 0.1) is 12.8 Å². The zero-order chi connectivity index (χ0) is 23.3. The summed E-state index contributed by atoms with van der Waals surface area (Å²) >= 11 is 0. The lowest BCUT2D eigenvalue weighted by Crippen LogP contribution is -2.66. The number of para-hydroxylation sites is 2. The first-order valence-corrected chi connectivity index (χ1v) is 11.4. The van der Waals surface area contributed by atoms with Crippen LogP contribution >= 0.6 is 0 Å². The Morgan fingerprint density at radius 1 is 1.06 bits per heavy atom. The van der Waals surface area contributed by atoms with Crippen LogP contribution in [0.3, 0.4) is 0 Å². The third-order valence-electron chi connectivity index (χ3n) is 6.94. The monoisotopic (exact) mass is 449 g/mol. The van der Waals surface area contributed by atoms with Crippen LogP contribution in [-0.2, 0) is 11.3 Å². The number of ether oxygens (including phenoxy) is 1. The lowest BCUT2D eigenvalue weighted by molar-refractivity contribution is -0.139. The third kappa shape index (κ3) is 3.63. The number of benzene rings is 2. The van der Waals surface area contributed by atoms with Crippen molar-refractivity contribution in [3.8, 4) is 5.75 Å². The fraction of sp³-hybridized carbons (Fsp3) is 0.440. The van der Waals surface area contributed by atoms with Crippen molar-refractivity contribution in [2.24, 2.45) is 5.92 Å². The van der Waals surface area contributed by atoms with Gasteiger partial charge in [-0.05, 0) is 30.5 Å². The maximum absolute atomic E-state index is 13.7. The van der Waals surface area contributed by atoms with Crippen molar-refractivity contribution in [2.75, 3.05) is 32.1 Å². The number of fused-ring (bicyclic) bond motifs is 3. The zero-order valence-corrected chi connectivity index (χ0v) is 19.6. The minimum atomic E-state index is -0.442. The molecule has 0 radical (unpaired) electrons. The summed E-state index contributed by atoms with van der Waals surface area (Å²) < 4.78 is 5.62. The molecule has 33 heavy (non-hydrogen) atoms. The number of anilines is 1. The Balaban J connectivity index is 1.47. The maximum atomic E-state index is 13.7. The molecule has 2 aromatic carbocycles. The van der Waals surface area contributed by atoms with Crippen molar-refractivity contribution >= 4 is 17.6 Å². The van der Waals surface area contributed by atoms with Crippen LogP contribution in [-0.4, -0.2) is 72.4 Å². The molecule has 0 aliphatic carbocycles. The highest BCUT2D eigenvalue weighted by atomic mass is 16.5. The molecule has 3 heterocycles. The van der Waals surface area contributed by atoms with E-state index in [4.69, 9.17) is 4.74 Å². The van der Waals surface area contributed by atoms with E-state index in [1.807, 2.05) is 55.5 Å². The topological polar surface area (TPSA) is 68.4 Å². The van der Waals surface area contributed by atoms with E-state index in [1.165, 1.54) is 4.90 Å². The normalized spacial score (nSPS) is 27.6. The lowest BCUT2D eigenvalue weighted by Gasteiger charge is -2.46. The molecule has 3 aliphatic rings. The first kappa shape index (κ1) is 21.7. The minimum Gasteiger partial charge on any atom is -0.495 e. The number of aryl methyl sites for hydroxylation is 1. The van der Waals surface area contributed by atoms with Crippen LogP contribution in [0.4, 0.5) is 10.5 Å². The average molecular weight is 450 g/mol. The van der Waals surface area contributed by atoms with Crippen molar-refractivity contribution in [3.63, 3.8) is 0 Å². The number of urea groups is 1. The van der Waals surface area contributed by atoms with Crippen molar-refractivity contribution in [3.05, 3.63) is 59.7 Å². The molecule has 8 nitrogen and oxygen atoms in total. The number of nitrogens with zero attached hydrogens (tertiary/aromatic N) is 4. The summed E-state index contributed by atoms with van der Waals surface area (Å²) in [5.74, 6) is 0.987. The number of rotatable bonds is 4. The number of amides is 3. The Kier molecular flexibility index (Phi) is 5.50. The Labute approximate surface area is 194 Å². The van der Waals surface area contributed by atoms with Gasteiger partial charge in [-0.25, -0.2) is 4.79 Å². The predicted octanol–water partition coefficient (Wildman–Crippen LogP) is 2.44. The van der Waals surface area contributed by atoms with Gasteiger partial charge in [0, 0.05) is 20.1 Å². The highest BCUT2D eigenvalue weighted by Gasteiger charge is 2.56. The Hall–Kier alpha value is -3.10. The number of methoxy groups -OCH3 is 1. The molecule has 3 saturated heterocycles. The van der Waals surface area contributed by atoms with Gasteiger partial charge in [0.25, 0.3) is 5.91 Å². The van der Waals surface area contributed by atoms with Gasteiger partial charge >= 0.3 is 6.03 Å². The standard InChI is InChI=1S/C25H31N5O3/c1-16-9-11-18(12-10-16)15-30-23(31)21-22(27(3)25(30)32)26-24-28(13-17(2)14-29(21)24)19-7-5-6-8-20(19)33-4/h5-12,17,21-22,24,26H,13-15H2,1-4H3. The molecule has 0 saturated carbocycles. The third-order valence-corrected chi connectivity index (χ3v) is 6.94. The highest BCUT2D eigenvalue weighted by molar-refractivity contribution is 6.00. The van der Waals surface area contributed by atoms with Gasteiger partial charge in [0.2, 0.25) is 0 Å². The van der Waals surface area contributed by atoms with Crippen LogP contribution < -0.4 is 15.0 Å². The summed E-state index contributed by atoms with van der Waals surface area (Å²) in [5, 5.41) is 3.57. The van der Waals surface area contributed by atoms with Gasteiger partial charge in [0.05, 0.1) is 19.3 Å². The van der Waals surface area contributed by atoms with Crippen LogP contribution in [0.5, 0.6) is 5.75 Å². The molecule has 3 fully saturated rings. The highest BCUT2D eigenvalue weighted by Crippen LogP contribution is 2.38. The fourth-order valence-corrected chi connectivity index (χ4v) is 5.29. The van der Waals surface area contributed by atoms with Crippen LogP contribution in [0.15, 0.2) is 48.5 Å². The first-order valence-electron chi connectivity index (χ1n) is 11.4. The first-order chi connectivity index (χ1) is 15.9. The zero-order valence-electron chi connectivity index (χ0n) is 19.6. The van der Waals surface area contributed by atoms with Gasteiger partial charge in [0.1, 0.15) is 24.2 Å². The smallest absolute Gasteiger partial charge is 0.328 e. The van der Waals surface area contributed by atoms with E-state index in [0.29, 0.717) is 5.92 Å². The maximum Gasteiger partial charge on any atom is 0.328 e. The van der Waals surface area contributed by atoms with Crippen LogP contribution in [0.25, 0.3) is 0 Å². The minimum absolute atomic E-state index is 0.146. The van der Waals surface area contributed by atoms with Crippen LogP contribution in [0.2, 0.25) is 0 Å². The molecule has 174 valence electrons. The summed E-state index contributed by atoms with van der Waals surface area (Å²) in [6.45, 7) is 6.09. The van der Waals surface area contributed by atoms with E-state index in [1.54, 1.807) is 19.1 Å². The second kappa shape index (κ2) is 8.35. The summed E-state index contributed by atoms with van der Waals surface area (Å²) in [5.41, 5.74) is 3.07. The summed E-state index contributed by atoms with van der Waals surface area (Å²) in [6.07, 6.45) is -0.585. The molecule has 8 heteroatoms. The summed E-state index contributed by atoms with van der Waals surface area (Å²) in [7, 11) is 3.45. The molecule has 4 unspecified atom stereocenters.